The van der Waals surface area contributed by atoms with Gasteiger partial charge in [0.05, 0.1) is 0 Å². The van der Waals surface area contributed by atoms with Crippen molar-refractivity contribution in [1.82, 2.24) is 5.32 Å². The molecule has 0 spiro atoms. The highest BCUT2D eigenvalue weighted by Crippen LogP contribution is 2.27. The molecule has 1 saturated heterocycles. The Morgan fingerprint density at radius 1 is 1.19 bits per heavy atom. The van der Waals surface area contributed by atoms with Gasteiger partial charge in [0, 0.05) is 5.54 Å². The molecular weight excluding hydrogens is 194 g/mol. The molecule has 0 radical (unpaired) electrons. The van der Waals surface area contributed by atoms with Crippen LogP contribution in [0.1, 0.15) is 42.0 Å². The summed E-state index contributed by atoms with van der Waals surface area (Å²) in [4.78, 5) is 0. The highest BCUT2D eigenvalue weighted by molar-refractivity contribution is 5.38. The van der Waals surface area contributed by atoms with E-state index in [1.165, 1.54) is 42.5 Å². The van der Waals surface area contributed by atoms with Crippen molar-refractivity contribution >= 4 is 0 Å². The Kier molecular flexibility index (Phi) is 3.07. The number of rotatable bonds is 2. The lowest BCUT2D eigenvalue weighted by atomic mass is 9.86. The van der Waals surface area contributed by atoms with Crippen molar-refractivity contribution < 1.29 is 0 Å². The van der Waals surface area contributed by atoms with E-state index in [-0.39, 0.29) is 0 Å². The summed E-state index contributed by atoms with van der Waals surface area (Å²) in [5, 5.41) is 3.65. The van der Waals surface area contributed by atoms with Gasteiger partial charge in [-0.2, -0.15) is 0 Å². The van der Waals surface area contributed by atoms with Crippen molar-refractivity contribution in [2.45, 2.75) is 52.5 Å². The number of hydrogen-bond acceptors (Lipinski definition) is 1. The predicted molar refractivity (Wildman–Crippen MR) is 70.0 cm³/mol. The van der Waals surface area contributed by atoms with Crippen LogP contribution < -0.4 is 5.32 Å². The van der Waals surface area contributed by atoms with E-state index in [2.05, 4.69) is 45.1 Å². The molecule has 0 bridgehead atoms. The normalized spacial score (nSPS) is 25.0. The maximum atomic E-state index is 3.65. The van der Waals surface area contributed by atoms with Crippen LogP contribution >= 0.6 is 0 Å². The first-order valence-electron chi connectivity index (χ1n) is 6.32. The molecule has 1 aromatic carbocycles. The zero-order valence-electron chi connectivity index (χ0n) is 11.0. The largest absolute Gasteiger partial charge is 0.311 e. The summed E-state index contributed by atoms with van der Waals surface area (Å²) in [6.45, 7) is 10.2. The average Bonchev–Trinajstić information content (AvgIpc) is 2.59. The quantitative estimate of drug-likeness (QED) is 0.801. The zero-order chi connectivity index (χ0) is 11.8. The molecule has 1 heterocycles. The van der Waals surface area contributed by atoms with Crippen molar-refractivity contribution in [2.24, 2.45) is 0 Å². The second-order valence-corrected chi connectivity index (χ2v) is 5.65. The van der Waals surface area contributed by atoms with Gasteiger partial charge in [-0.05, 0) is 70.2 Å². The standard InChI is InChI=1S/C15H23N/c1-11-8-12(2)14(13(3)9-11)10-15(4)6-5-7-16-15/h8-9,16H,5-7,10H2,1-4H3. The monoisotopic (exact) mass is 217 g/mol. The minimum atomic E-state index is 0.324. The van der Waals surface area contributed by atoms with Crippen molar-refractivity contribution in [3.05, 3.63) is 34.4 Å². The summed E-state index contributed by atoms with van der Waals surface area (Å²) >= 11 is 0. The van der Waals surface area contributed by atoms with Gasteiger partial charge >= 0.3 is 0 Å². The van der Waals surface area contributed by atoms with Crippen LogP contribution in [-0.2, 0) is 6.42 Å². The van der Waals surface area contributed by atoms with E-state index in [0.717, 1.165) is 0 Å². The van der Waals surface area contributed by atoms with Gasteiger partial charge in [-0.1, -0.05) is 17.7 Å². The number of benzene rings is 1. The Balaban J connectivity index is 2.27. The van der Waals surface area contributed by atoms with Crippen LogP contribution in [0.2, 0.25) is 0 Å². The molecule has 0 aromatic heterocycles. The predicted octanol–water partition coefficient (Wildman–Crippen LogP) is 3.30. The van der Waals surface area contributed by atoms with Gasteiger partial charge in [0.15, 0.2) is 0 Å². The van der Waals surface area contributed by atoms with E-state index in [9.17, 15) is 0 Å². The molecule has 1 atom stereocenters. The topological polar surface area (TPSA) is 12.0 Å². The second-order valence-electron chi connectivity index (χ2n) is 5.65. The first-order valence-corrected chi connectivity index (χ1v) is 6.32. The Morgan fingerprint density at radius 2 is 1.81 bits per heavy atom. The minimum Gasteiger partial charge on any atom is -0.311 e. The number of nitrogens with one attached hydrogen (secondary N) is 1. The molecule has 1 aliphatic heterocycles. The molecule has 0 aliphatic carbocycles. The fraction of sp³-hybridized carbons (Fsp3) is 0.600. The summed E-state index contributed by atoms with van der Waals surface area (Å²) in [6.07, 6.45) is 3.80. The van der Waals surface area contributed by atoms with Gasteiger partial charge in [0.2, 0.25) is 0 Å². The van der Waals surface area contributed by atoms with Crippen LogP contribution in [0.25, 0.3) is 0 Å². The molecule has 1 N–H and O–H groups in total. The third-order valence-electron chi connectivity index (χ3n) is 3.86. The van der Waals surface area contributed by atoms with E-state index in [4.69, 9.17) is 0 Å². The average molecular weight is 217 g/mol. The van der Waals surface area contributed by atoms with E-state index >= 15 is 0 Å². The SMILES string of the molecule is Cc1cc(C)c(CC2(C)CCCN2)c(C)c1. The maximum absolute atomic E-state index is 3.65. The summed E-state index contributed by atoms with van der Waals surface area (Å²) in [5.74, 6) is 0. The first-order chi connectivity index (χ1) is 7.50. The molecule has 0 amide bonds. The Morgan fingerprint density at radius 3 is 2.31 bits per heavy atom. The fourth-order valence-corrected chi connectivity index (χ4v) is 2.99. The molecule has 88 valence electrons. The Bertz CT molecular complexity index is 363. The molecule has 1 unspecified atom stereocenters. The van der Waals surface area contributed by atoms with Gasteiger partial charge in [0.25, 0.3) is 0 Å². The Labute approximate surface area is 99.3 Å². The molecule has 1 nitrogen and oxygen atoms in total. The summed E-state index contributed by atoms with van der Waals surface area (Å²) in [5.41, 5.74) is 6.15. The van der Waals surface area contributed by atoms with Gasteiger partial charge in [-0.25, -0.2) is 0 Å². The van der Waals surface area contributed by atoms with Crippen LogP contribution in [-0.4, -0.2) is 12.1 Å². The highest BCUT2D eigenvalue weighted by atomic mass is 15.0. The molecule has 1 aromatic rings. The molecular formula is C15H23N. The van der Waals surface area contributed by atoms with E-state index in [1.807, 2.05) is 0 Å². The van der Waals surface area contributed by atoms with Gasteiger partial charge in [-0.3, -0.25) is 0 Å². The fourth-order valence-electron chi connectivity index (χ4n) is 2.99. The lowest BCUT2D eigenvalue weighted by Crippen LogP contribution is -2.38. The number of aryl methyl sites for hydroxylation is 3. The van der Waals surface area contributed by atoms with Crippen molar-refractivity contribution in [3.63, 3.8) is 0 Å². The van der Waals surface area contributed by atoms with Crippen LogP contribution in [0.5, 0.6) is 0 Å². The zero-order valence-corrected chi connectivity index (χ0v) is 11.0. The van der Waals surface area contributed by atoms with Gasteiger partial charge in [-0.15, -0.1) is 0 Å². The minimum absolute atomic E-state index is 0.324. The second kappa shape index (κ2) is 4.21. The number of hydrogen-bond donors (Lipinski definition) is 1. The van der Waals surface area contributed by atoms with Crippen molar-refractivity contribution in [3.8, 4) is 0 Å². The van der Waals surface area contributed by atoms with Crippen molar-refractivity contribution in [2.75, 3.05) is 6.54 Å². The van der Waals surface area contributed by atoms with Crippen LogP contribution in [0.3, 0.4) is 0 Å². The summed E-state index contributed by atoms with van der Waals surface area (Å²) in [7, 11) is 0. The third kappa shape index (κ3) is 2.30. The molecule has 1 heteroatoms. The smallest absolute Gasteiger partial charge is 0.0194 e. The highest BCUT2D eigenvalue weighted by Gasteiger charge is 2.28. The van der Waals surface area contributed by atoms with Crippen LogP contribution in [0.15, 0.2) is 12.1 Å². The van der Waals surface area contributed by atoms with Crippen LogP contribution in [0.4, 0.5) is 0 Å². The molecule has 1 aliphatic rings. The van der Waals surface area contributed by atoms with E-state index in [0.29, 0.717) is 5.54 Å². The van der Waals surface area contributed by atoms with Crippen molar-refractivity contribution in [1.29, 1.82) is 0 Å². The molecule has 1 fully saturated rings. The first kappa shape index (κ1) is 11.7. The van der Waals surface area contributed by atoms with E-state index < -0.39 is 0 Å². The maximum Gasteiger partial charge on any atom is 0.0194 e. The van der Waals surface area contributed by atoms with E-state index in [1.54, 1.807) is 5.56 Å². The van der Waals surface area contributed by atoms with Gasteiger partial charge < -0.3 is 5.32 Å². The lowest BCUT2D eigenvalue weighted by molar-refractivity contribution is 0.411. The van der Waals surface area contributed by atoms with Crippen LogP contribution in [0, 0.1) is 20.8 Å². The lowest BCUT2D eigenvalue weighted by Gasteiger charge is -2.26. The summed E-state index contributed by atoms with van der Waals surface area (Å²) < 4.78 is 0. The molecule has 2 rings (SSSR count). The summed E-state index contributed by atoms with van der Waals surface area (Å²) in [6, 6.07) is 4.61. The molecule has 0 saturated carbocycles. The molecule has 16 heavy (non-hydrogen) atoms. The third-order valence-corrected chi connectivity index (χ3v) is 3.86. The van der Waals surface area contributed by atoms with Gasteiger partial charge in [0.1, 0.15) is 0 Å². The Hall–Kier alpha value is -0.820.